The molecule has 1 atom stereocenters. The minimum Gasteiger partial charge on any atom is -0.508 e. The summed E-state index contributed by atoms with van der Waals surface area (Å²) >= 11 is 0. The number of aromatic hydroxyl groups is 1. The van der Waals surface area contributed by atoms with Crippen LogP contribution < -0.4 is 0 Å². The molecule has 4 nitrogen and oxygen atoms in total. The maximum atomic E-state index is 13.0. The number of amides is 1. The van der Waals surface area contributed by atoms with Gasteiger partial charge in [-0.3, -0.25) is 4.79 Å². The van der Waals surface area contributed by atoms with E-state index in [1.54, 1.807) is 18.2 Å². The number of aromatic nitrogens is 1. The Bertz CT molecular complexity index is 886. The minimum atomic E-state index is -0.0942. The Kier molecular flexibility index (Phi) is 4.02. The van der Waals surface area contributed by atoms with E-state index >= 15 is 0 Å². The Morgan fingerprint density at radius 3 is 2.52 bits per heavy atom. The third kappa shape index (κ3) is 2.91. The average Bonchev–Trinajstić information content (AvgIpc) is 3.12. The smallest absolute Gasteiger partial charge is 0.228 e. The highest BCUT2D eigenvalue weighted by atomic mass is 16.3. The van der Waals surface area contributed by atoms with Crippen molar-refractivity contribution in [1.82, 2.24) is 9.47 Å². The molecular formula is C21H20N2O2. The second-order valence-corrected chi connectivity index (χ2v) is 6.33. The summed E-state index contributed by atoms with van der Waals surface area (Å²) in [7, 11) is 0. The lowest BCUT2D eigenvalue weighted by atomic mass is 9.99. The van der Waals surface area contributed by atoms with Gasteiger partial charge in [-0.15, -0.1) is 0 Å². The van der Waals surface area contributed by atoms with Crippen LogP contribution in [0.25, 0.3) is 0 Å². The highest BCUT2D eigenvalue weighted by Gasteiger charge is 2.32. The van der Waals surface area contributed by atoms with Crippen LogP contribution in [-0.2, 0) is 17.8 Å². The maximum absolute atomic E-state index is 13.0. The molecule has 1 amide bonds. The van der Waals surface area contributed by atoms with Crippen molar-refractivity contribution in [3.63, 3.8) is 0 Å². The van der Waals surface area contributed by atoms with E-state index in [9.17, 15) is 9.90 Å². The molecule has 4 heteroatoms. The first-order valence-corrected chi connectivity index (χ1v) is 8.50. The van der Waals surface area contributed by atoms with Crippen LogP contribution in [0.15, 0.2) is 72.9 Å². The van der Waals surface area contributed by atoms with Crippen molar-refractivity contribution >= 4 is 5.91 Å². The first-order valence-electron chi connectivity index (χ1n) is 8.50. The van der Waals surface area contributed by atoms with E-state index in [1.165, 1.54) is 0 Å². The molecule has 1 aromatic heterocycles. The molecule has 1 unspecified atom stereocenters. The second kappa shape index (κ2) is 6.48. The van der Waals surface area contributed by atoms with Crippen molar-refractivity contribution in [2.24, 2.45) is 0 Å². The SMILES string of the molecule is O=C(Cc1ccccc1O)N1CCn2cccc2C1c1ccccc1. The number of phenols is 1. The van der Waals surface area contributed by atoms with Crippen molar-refractivity contribution < 1.29 is 9.90 Å². The zero-order valence-electron chi connectivity index (χ0n) is 13.9. The molecule has 0 saturated heterocycles. The molecule has 0 bridgehead atoms. The van der Waals surface area contributed by atoms with Gasteiger partial charge in [0.25, 0.3) is 0 Å². The first kappa shape index (κ1) is 15.5. The summed E-state index contributed by atoms with van der Waals surface area (Å²) in [5.41, 5.74) is 2.90. The molecule has 2 heterocycles. The second-order valence-electron chi connectivity index (χ2n) is 6.33. The maximum Gasteiger partial charge on any atom is 0.228 e. The molecular weight excluding hydrogens is 312 g/mol. The van der Waals surface area contributed by atoms with E-state index in [0.29, 0.717) is 12.1 Å². The highest BCUT2D eigenvalue weighted by Crippen LogP contribution is 2.33. The summed E-state index contributed by atoms with van der Waals surface area (Å²) in [5, 5.41) is 9.99. The molecule has 0 aliphatic carbocycles. The molecule has 0 saturated carbocycles. The molecule has 1 N–H and O–H groups in total. The molecule has 25 heavy (non-hydrogen) atoms. The van der Waals surface area contributed by atoms with E-state index in [1.807, 2.05) is 35.2 Å². The van der Waals surface area contributed by atoms with Gasteiger partial charge in [0.15, 0.2) is 0 Å². The molecule has 4 rings (SSSR count). The number of hydrogen-bond donors (Lipinski definition) is 1. The van der Waals surface area contributed by atoms with Crippen molar-refractivity contribution in [3.05, 3.63) is 89.7 Å². The Labute approximate surface area is 146 Å². The van der Waals surface area contributed by atoms with Crippen LogP contribution in [-0.4, -0.2) is 27.0 Å². The van der Waals surface area contributed by atoms with Gasteiger partial charge in [0.2, 0.25) is 5.91 Å². The van der Waals surface area contributed by atoms with Gasteiger partial charge in [0.1, 0.15) is 5.75 Å². The first-order chi connectivity index (χ1) is 12.2. The number of nitrogens with zero attached hydrogens (tertiary/aromatic N) is 2. The van der Waals surface area contributed by atoms with Crippen molar-refractivity contribution in [2.45, 2.75) is 19.0 Å². The monoisotopic (exact) mass is 332 g/mol. The summed E-state index contributed by atoms with van der Waals surface area (Å²) in [6.45, 7) is 1.45. The van der Waals surface area contributed by atoms with Crippen LogP contribution in [0, 0.1) is 0 Å². The number of para-hydroxylation sites is 1. The Hall–Kier alpha value is -3.01. The number of benzene rings is 2. The van der Waals surface area contributed by atoms with Crippen LogP contribution in [0.3, 0.4) is 0 Å². The molecule has 1 aliphatic heterocycles. The average molecular weight is 332 g/mol. The van der Waals surface area contributed by atoms with E-state index in [4.69, 9.17) is 0 Å². The lowest BCUT2D eigenvalue weighted by Gasteiger charge is -2.37. The Morgan fingerprint density at radius 1 is 0.960 bits per heavy atom. The van der Waals surface area contributed by atoms with Gasteiger partial charge in [-0.05, 0) is 23.8 Å². The molecule has 0 radical (unpaired) electrons. The summed E-state index contributed by atoms with van der Waals surface area (Å²) in [4.78, 5) is 15.0. The summed E-state index contributed by atoms with van der Waals surface area (Å²) in [6, 6.07) is 21.2. The number of phenolic OH excluding ortho intramolecular Hbond substituents is 1. The number of rotatable bonds is 3. The molecule has 3 aromatic rings. The van der Waals surface area contributed by atoms with Crippen LogP contribution >= 0.6 is 0 Å². The topological polar surface area (TPSA) is 45.5 Å². The fraction of sp³-hybridized carbons (Fsp3) is 0.190. The Morgan fingerprint density at radius 2 is 1.72 bits per heavy atom. The van der Waals surface area contributed by atoms with Gasteiger partial charge >= 0.3 is 0 Å². The van der Waals surface area contributed by atoms with Crippen molar-refractivity contribution in [1.29, 1.82) is 0 Å². The summed E-state index contributed by atoms with van der Waals surface area (Å²) in [6.07, 6.45) is 2.27. The number of carbonyl (C=O) groups is 1. The number of carbonyl (C=O) groups excluding carboxylic acids is 1. The minimum absolute atomic E-state index is 0.0304. The normalized spacial score (nSPS) is 16.5. The predicted octanol–water partition coefficient (Wildman–Crippen LogP) is 3.37. The third-order valence-corrected chi connectivity index (χ3v) is 4.81. The number of fused-ring (bicyclic) bond motifs is 1. The van der Waals surface area contributed by atoms with E-state index < -0.39 is 0 Å². The highest BCUT2D eigenvalue weighted by molar-refractivity contribution is 5.80. The molecule has 0 spiro atoms. The van der Waals surface area contributed by atoms with E-state index in [-0.39, 0.29) is 24.1 Å². The number of hydrogen-bond acceptors (Lipinski definition) is 2. The third-order valence-electron chi connectivity index (χ3n) is 4.81. The van der Waals surface area contributed by atoms with Crippen molar-refractivity contribution in [3.8, 4) is 5.75 Å². The van der Waals surface area contributed by atoms with E-state index in [0.717, 1.165) is 17.8 Å². The molecule has 1 aliphatic rings. The zero-order valence-corrected chi connectivity index (χ0v) is 13.9. The standard InChI is InChI=1S/C21H20N2O2/c24-19-11-5-4-9-17(19)15-20(25)23-14-13-22-12-6-10-18(22)21(23)16-7-2-1-3-8-16/h1-12,21,24H,13-15H2. The van der Waals surface area contributed by atoms with Gasteiger partial charge in [-0.1, -0.05) is 48.5 Å². The predicted molar refractivity (Wildman–Crippen MR) is 96.2 cm³/mol. The van der Waals surface area contributed by atoms with Crippen molar-refractivity contribution in [2.75, 3.05) is 6.54 Å². The molecule has 2 aromatic carbocycles. The Balaban J connectivity index is 1.68. The van der Waals surface area contributed by atoms with Gasteiger partial charge in [0, 0.05) is 30.5 Å². The summed E-state index contributed by atoms with van der Waals surface area (Å²) in [5.74, 6) is 0.204. The van der Waals surface area contributed by atoms with E-state index in [2.05, 4.69) is 29.0 Å². The zero-order chi connectivity index (χ0) is 17.2. The fourth-order valence-corrected chi connectivity index (χ4v) is 3.56. The van der Waals surface area contributed by atoms with Gasteiger partial charge in [-0.2, -0.15) is 0 Å². The van der Waals surface area contributed by atoms with Crippen LogP contribution in [0.5, 0.6) is 5.75 Å². The lowest BCUT2D eigenvalue weighted by Crippen LogP contribution is -2.43. The largest absolute Gasteiger partial charge is 0.508 e. The summed E-state index contributed by atoms with van der Waals surface area (Å²) < 4.78 is 2.21. The van der Waals surface area contributed by atoms with Gasteiger partial charge in [-0.25, -0.2) is 0 Å². The fourth-order valence-electron chi connectivity index (χ4n) is 3.56. The van der Waals surface area contributed by atoms with Crippen LogP contribution in [0.2, 0.25) is 0 Å². The molecule has 126 valence electrons. The molecule has 0 fully saturated rings. The van der Waals surface area contributed by atoms with Crippen LogP contribution in [0.4, 0.5) is 0 Å². The van der Waals surface area contributed by atoms with Gasteiger partial charge < -0.3 is 14.6 Å². The van der Waals surface area contributed by atoms with Gasteiger partial charge in [0.05, 0.1) is 12.5 Å². The quantitative estimate of drug-likeness (QED) is 0.799. The van der Waals surface area contributed by atoms with Crippen LogP contribution in [0.1, 0.15) is 22.9 Å². The lowest BCUT2D eigenvalue weighted by molar-refractivity contribution is -0.133.